The van der Waals surface area contributed by atoms with Gasteiger partial charge in [0.25, 0.3) is 5.91 Å². The minimum Gasteiger partial charge on any atom is -0.364 e. The molecule has 0 saturated carbocycles. The van der Waals surface area contributed by atoms with Crippen LogP contribution in [-0.4, -0.2) is 18.0 Å². The first-order chi connectivity index (χ1) is 6.56. The predicted molar refractivity (Wildman–Crippen MR) is 56.1 cm³/mol. The fraction of sp³-hybridized carbons (Fsp3) is 0.250. The van der Waals surface area contributed by atoms with Crippen LogP contribution in [0.25, 0.3) is 0 Å². The smallest absolute Gasteiger partial charge is 0.267 e. The summed E-state index contributed by atoms with van der Waals surface area (Å²) in [6.45, 7) is 0. The maximum Gasteiger partial charge on any atom is 0.267 e. The molecule has 0 bridgehead atoms. The molecule has 14 heavy (non-hydrogen) atoms. The quantitative estimate of drug-likeness (QED) is 0.859. The van der Waals surface area contributed by atoms with E-state index in [9.17, 15) is 4.79 Å². The molecule has 0 aliphatic heterocycles. The van der Waals surface area contributed by atoms with E-state index in [0.29, 0.717) is 10.0 Å². The monoisotopic (exact) mass is 278 g/mol. The summed E-state index contributed by atoms with van der Waals surface area (Å²) in [6, 6.07) is 1.65. The number of alkyl halides is 1. The second kappa shape index (κ2) is 4.72. The van der Waals surface area contributed by atoms with Crippen LogP contribution in [0.1, 0.15) is 21.6 Å². The Morgan fingerprint density at radius 1 is 1.79 bits per heavy atom. The first-order valence-electron chi connectivity index (χ1n) is 3.68. The number of aromatic nitrogens is 1. The number of nitrogens with zero attached hydrogens (tertiary/aromatic N) is 1. The molecule has 6 heteroatoms. The highest BCUT2D eigenvalue weighted by molar-refractivity contribution is 9.10. The number of methoxy groups -OCH3 is 1. The van der Waals surface area contributed by atoms with Crippen LogP contribution in [0.15, 0.2) is 16.7 Å². The molecule has 1 heterocycles. The standard InChI is InChI=1S/C8H8BrClN2O2/c1-14-7(10)5-2-4(9)3-12-6(5)8(11)13/h2-3,7H,1H3,(H2,11,13). The van der Waals surface area contributed by atoms with E-state index in [1.54, 1.807) is 6.07 Å². The third-order valence-corrected chi connectivity index (χ3v) is 2.42. The Bertz CT molecular complexity index is 359. The van der Waals surface area contributed by atoms with E-state index in [0.717, 1.165) is 0 Å². The molecule has 1 aromatic rings. The normalized spacial score (nSPS) is 12.5. The predicted octanol–water partition coefficient (Wildman–Crippen LogP) is 1.83. The zero-order valence-corrected chi connectivity index (χ0v) is 9.67. The van der Waals surface area contributed by atoms with Gasteiger partial charge in [-0.25, -0.2) is 4.98 Å². The van der Waals surface area contributed by atoms with E-state index in [1.807, 2.05) is 0 Å². The molecule has 2 N–H and O–H groups in total. The maximum absolute atomic E-state index is 11.0. The number of hydrogen-bond acceptors (Lipinski definition) is 3. The van der Waals surface area contributed by atoms with Crippen LogP contribution in [0.2, 0.25) is 0 Å². The molecule has 1 aromatic heterocycles. The van der Waals surface area contributed by atoms with Gasteiger partial charge in [-0.1, -0.05) is 11.6 Å². The van der Waals surface area contributed by atoms with Gasteiger partial charge in [-0.15, -0.1) is 0 Å². The molecule has 1 rings (SSSR count). The lowest BCUT2D eigenvalue weighted by Gasteiger charge is -2.10. The Kier molecular flexibility index (Phi) is 3.86. The largest absolute Gasteiger partial charge is 0.364 e. The summed E-state index contributed by atoms with van der Waals surface area (Å²) >= 11 is 9.04. The van der Waals surface area contributed by atoms with Crippen LogP contribution in [0.3, 0.4) is 0 Å². The second-order valence-corrected chi connectivity index (χ2v) is 3.82. The van der Waals surface area contributed by atoms with Crippen molar-refractivity contribution in [3.63, 3.8) is 0 Å². The van der Waals surface area contributed by atoms with Gasteiger partial charge in [0.2, 0.25) is 0 Å². The highest BCUT2D eigenvalue weighted by Gasteiger charge is 2.17. The summed E-state index contributed by atoms with van der Waals surface area (Å²) in [5, 5.41) is 0. The molecule has 0 aliphatic carbocycles. The third-order valence-electron chi connectivity index (χ3n) is 1.57. The first-order valence-corrected chi connectivity index (χ1v) is 4.91. The fourth-order valence-corrected chi connectivity index (χ4v) is 1.48. The van der Waals surface area contributed by atoms with E-state index in [4.69, 9.17) is 22.1 Å². The Labute approximate surface area is 94.5 Å². The van der Waals surface area contributed by atoms with E-state index < -0.39 is 11.5 Å². The molecule has 0 radical (unpaired) electrons. The lowest BCUT2D eigenvalue weighted by Crippen LogP contribution is -2.17. The van der Waals surface area contributed by atoms with Gasteiger partial charge in [0.1, 0.15) is 5.69 Å². The molecule has 1 amide bonds. The van der Waals surface area contributed by atoms with Gasteiger partial charge in [-0.2, -0.15) is 0 Å². The maximum atomic E-state index is 11.0. The van der Waals surface area contributed by atoms with Crippen LogP contribution in [-0.2, 0) is 4.74 Å². The van der Waals surface area contributed by atoms with E-state index in [2.05, 4.69) is 20.9 Å². The minimum atomic E-state index is -0.734. The molecule has 0 aliphatic rings. The van der Waals surface area contributed by atoms with Gasteiger partial charge >= 0.3 is 0 Å². The van der Waals surface area contributed by atoms with Crippen molar-refractivity contribution in [3.05, 3.63) is 28.0 Å². The van der Waals surface area contributed by atoms with Crippen LogP contribution in [0, 0.1) is 0 Å². The van der Waals surface area contributed by atoms with Gasteiger partial charge in [0, 0.05) is 23.3 Å². The summed E-state index contributed by atoms with van der Waals surface area (Å²) in [5.74, 6) is -0.629. The van der Waals surface area contributed by atoms with Gasteiger partial charge < -0.3 is 10.5 Å². The number of halogens is 2. The Morgan fingerprint density at radius 2 is 2.43 bits per heavy atom. The Balaban J connectivity index is 3.22. The number of carbonyl (C=O) groups is 1. The molecule has 0 aromatic carbocycles. The number of hydrogen-bond donors (Lipinski definition) is 1. The van der Waals surface area contributed by atoms with Crippen molar-refractivity contribution in [1.82, 2.24) is 4.98 Å². The fourth-order valence-electron chi connectivity index (χ4n) is 0.961. The summed E-state index contributed by atoms with van der Waals surface area (Å²) in [6.07, 6.45) is 1.48. The second-order valence-electron chi connectivity index (χ2n) is 2.51. The first kappa shape index (κ1) is 11.4. The molecule has 1 atom stereocenters. The Morgan fingerprint density at radius 3 is 2.93 bits per heavy atom. The molecule has 0 fully saturated rings. The summed E-state index contributed by atoms with van der Waals surface area (Å²) < 4.78 is 5.59. The van der Waals surface area contributed by atoms with Crippen molar-refractivity contribution in [2.45, 2.75) is 5.56 Å². The van der Waals surface area contributed by atoms with Crippen molar-refractivity contribution in [1.29, 1.82) is 0 Å². The summed E-state index contributed by atoms with van der Waals surface area (Å²) in [4.78, 5) is 14.8. The molecular weight excluding hydrogens is 271 g/mol. The SMILES string of the molecule is COC(Cl)c1cc(Br)cnc1C(N)=O. The number of carbonyl (C=O) groups excluding carboxylic acids is 1. The number of nitrogens with two attached hydrogens (primary N) is 1. The summed E-state index contributed by atoms with van der Waals surface area (Å²) in [5.41, 5.74) is 4.97. The highest BCUT2D eigenvalue weighted by atomic mass is 79.9. The Hall–Kier alpha value is -0.650. The van der Waals surface area contributed by atoms with Gasteiger partial charge in [0.05, 0.1) is 0 Å². The van der Waals surface area contributed by atoms with Crippen molar-refractivity contribution < 1.29 is 9.53 Å². The number of ether oxygens (including phenoxy) is 1. The van der Waals surface area contributed by atoms with Crippen LogP contribution in [0.4, 0.5) is 0 Å². The topological polar surface area (TPSA) is 65.2 Å². The lowest BCUT2D eigenvalue weighted by molar-refractivity contribution is 0.0988. The van der Waals surface area contributed by atoms with Crippen molar-refractivity contribution in [2.75, 3.05) is 7.11 Å². The average Bonchev–Trinajstić information content (AvgIpc) is 2.16. The number of primary amides is 1. The van der Waals surface area contributed by atoms with Crippen molar-refractivity contribution in [2.24, 2.45) is 5.73 Å². The molecular formula is C8H8BrClN2O2. The van der Waals surface area contributed by atoms with E-state index in [-0.39, 0.29) is 5.69 Å². The van der Waals surface area contributed by atoms with Gasteiger partial charge in [-0.3, -0.25) is 4.79 Å². The van der Waals surface area contributed by atoms with Crippen LogP contribution < -0.4 is 5.73 Å². The highest BCUT2D eigenvalue weighted by Crippen LogP contribution is 2.25. The molecule has 0 saturated heterocycles. The zero-order chi connectivity index (χ0) is 10.7. The van der Waals surface area contributed by atoms with Crippen molar-refractivity contribution in [3.8, 4) is 0 Å². The van der Waals surface area contributed by atoms with Gasteiger partial charge in [-0.05, 0) is 22.0 Å². The lowest BCUT2D eigenvalue weighted by atomic mass is 10.2. The number of amides is 1. The molecule has 1 unspecified atom stereocenters. The molecule has 4 nitrogen and oxygen atoms in total. The molecule has 0 spiro atoms. The number of rotatable bonds is 3. The summed E-state index contributed by atoms with van der Waals surface area (Å²) in [7, 11) is 1.43. The van der Waals surface area contributed by atoms with Gasteiger partial charge in [0.15, 0.2) is 5.56 Å². The minimum absolute atomic E-state index is 0.120. The molecule has 76 valence electrons. The van der Waals surface area contributed by atoms with E-state index >= 15 is 0 Å². The van der Waals surface area contributed by atoms with E-state index in [1.165, 1.54) is 13.3 Å². The van der Waals surface area contributed by atoms with Crippen LogP contribution >= 0.6 is 27.5 Å². The zero-order valence-electron chi connectivity index (χ0n) is 7.33. The van der Waals surface area contributed by atoms with Crippen molar-refractivity contribution >= 4 is 33.4 Å². The van der Waals surface area contributed by atoms with Crippen LogP contribution in [0.5, 0.6) is 0 Å². The third kappa shape index (κ3) is 2.43. The number of pyridine rings is 1. The average molecular weight is 280 g/mol.